The molecule has 0 fully saturated rings. The molecule has 0 amide bonds. The van der Waals surface area contributed by atoms with Crippen molar-refractivity contribution in [2.24, 2.45) is 0 Å². The van der Waals surface area contributed by atoms with Crippen LogP contribution in [0.3, 0.4) is 0 Å². The molecule has 0 aliphatic carbocycles. The van der Waals surface area contributed by atoms with Crippen LogP contribution in [0, 0.1) is 5.33 Å². The average Bonchev–Trinajstić information content (AvgIpc) is 1.87. The zero-order valence-electron chi connectivity index (χ0n) is 7.59. The summed E-state index contributed by atoms with van der Waals surface area (Å²) < 4.78 is 0. The molecule has 78 valence electrons. The van der Waals surface area contributed by atoms with Crippen LogP contribution in [-0.2, 0) is 9.59 Å². The van der Waals surface area contributed by atoms with Crippen LogP contribution >= 0.6 is 15.9 Å². The second kappa shape index (κ2) is 18.7. The van der Waals surface area contributed by atoms with E-state index in [9.17, 15) is 0 Å². The molecule has 5 N–H and O–H groups in total. The van der Waals surface area contributed by atoms with Gasteiger partial charge in [-0.25, -0.2) is 9.59 Å². The smallest absolute Gasteiger partial charge is 0.473 e. The fourth-order valence-corrected chi connectivity index (χ4v) is 0. The largest absolute Gasteiger partial charge is 1.00 e. The molecule has 0 saturated heterocycles. The zero-order valence-corrected chi connectivity index (χ0v) is 9.17. The minimum absolute atomic E-state index is 0. The van der Waals surface area contributed by atoms with Crippen LogP contribution in [0.15, 0.2) is 0 Å². The van der Waals surface area contributed by atoms with Gasteiger partial charge in [-0.3, -0.25) is 5.33 Å². The second-order valence-electron chi connectivity index (χ2n) is 1.17. The van der Waals surface area contributed by atoms with E-state index in [1.807, 2.05) is 12.3 Å². The first-order chi connectivity index (χ1) is 5.79. The fourth-order valence-electron chi connectivity index (χ4n) is 0. The Morgan fingerprint density at radius 3 is 1.21 bits per heavy atom. The molecule has 0 rings (SSSR count). The van der Waals surface area contributed by atoms with Crippen LogP contribution in [0.2, 0.25) is 0 Å². The molecule has 0 heterocycles. The molecule has 0 aromatic carbocycles. The van der Waals surface area contributed by atoms with E-state index in [1.165, 1.54) is 0 Å². The number of carboxylic acid groups (broad SMARTS) is 2. The Kier molecular flexibility index (Phi) is 31.6. The molecular weight excluding hydrogens is 258 g/mol. The second-order valence-corrected chi connectivity index (χ2v) is 2.09. The van der Waals surface area contributed by atoms with E-state index in [4.69, 9.17) is 34.9 Å². The number of aliphatic carboxylic acids is 2. The summed E-state index contributed by atoms with van der Waals surface area (Å²) in [5.74, 6) is -3.65. The number of carbonyl (C=O) groups is 2. The van der Waals surface area contributed by atoms with Gasteiger partial charge in [0.25, 0.3) is 0 Å². The van der Waals surface area contributed by atoms with Crippen LogP contribution in [0.4, 0.5) is 0 Å². The standard InChI is InChI=1S/C2H4Br.C2H2O4.BH3O3.Li/c1-2-3;3-1(4)2(5)6;2-1(3)4;/h2H,1H3;(H,3,4)(H,5,6);2-4H;/q-1;;;+1. The van der Waals surface area contributed by atoms with Crippen molar-refractivity contribution in [2.75, 3.05) is 0 Å². The van der Waals surface area contributed by atoms with Gasteiger partial charge in [-0.05, 0) is 0 Å². The van der Waals surface area contributed by atoms with Crippen LogP contribution in [-0.4, -0.2) is 44.5 Å². The molecule has 0 aromatic heterocycles. The molecule has 0 saturated carbocycles. The van der Waals surface area contributed by atoms with E-state index in [0.29, 0.717) is 0 Å². The van der Waals surface area contributed by atoms with Crippen molar-refractivity contribution < 1.29 is 53.7 Å². The van der Waals surface area contributed by atoms with Gasteiger partial charge in [0.2, 0.25) is 0 Å². The van der Waals surface area contributed by atoms with Crippen LogP contribution in [0.5, 0.6) is 0 Å². The maximum atomic E-state index is 9.10. The van der Waals surface area contributed by atoms with E-state index in [-0.39, 0.29) is 18.9 Å². The third-order valence-corrected chi connectivity index (χ3v) is 0.183. The fraction of sp³-hybridized carbons (Fsp3) is 0.250. The van der Waals surface area contributed by atoms with Gasteiger partial charge in [0.15, 0.2) is 0 Å². The normalized spacial score (nSPS) is 6.36. The molecule has 10 heteroatoms. The summed E-state index contributed by atoms with van der Waals surface area (Å²) in [4.78, 5) is 18.2. The van der Waals surface area contributed by atoms with E-state index in [2.05, 4.69) is 15.9 Å². The third kappa shape index (κ3) is 91.6. The third-order valence-electron chi connectivity index (χ3n) is 0.183. The molecule has 0 aliphatic heterocycles. The summed E-state index contributed by atoms with van der Waals surface area (Å²) >= 11 is 3.02. The van der Waals surface area contributed by atoms with Gasteiger partial charge >= 0.3 is 38.1 Å². The van der Waals surface area contributed by atoms with Gasteiger partial charge < -0.3 is 41.2 Å². The first-order valence-electron chi connectivity index (χ1n) is 2.68. The van der Waals surface area contributed by atoms with Crippen molar-refractivity contribution >= 4 is 35.2 Å². The quantitative estimate of drug-likeness (QED) is 0.170. The minimum Gasteiger partial charge on any atom is -0.473 e. The van der Waals surface area contributed by atoms with Crippen molar-refractivity contribution in [3.63, 3.8) is 0 Å². The first-order valence-corrected chi connectivity index (χ1v) is 3.59. The summed E-state index contributed by atoms with van der Waals surface area (Å²) in [5, 5.41) is 38.1. The Morgan fingerprint density at radius 1 is 1.14 bits per heavy atom. The summed E-state index contributed by atoms with van der Waals surface area (Å²) in [6.45, 7) is 1.92. The van der Waals surface area contributed by atoms with Crippen molar-refractivity contribution in [1.29, 1.82) is 0 Å². The number of rotatable bonds is 0. The SMILES string of the molecule is C[CH-]Br.O=C(O)C(=O)O.OB(O)O.[Li+]. The minimum atomic E-state index is -2.17. The molecule has 7 nitrogen and oxygen atoms in total. The van der Waals surface area contributed by atoms with Crippen molar-refractivity contribution in [2.45, 2.75) is 6.92 Å². The number of hydrogen-bond donors (Lipinski definition) is 5. The Balaban J connectivity index is -0.0000000553. The van der Waals surface area contributed by atoms with E-state index >= 15 is 0 Å². The first kappa shape index (κ1) is 23.6. The molecular formula is C4H9BBrLiO7. The zero-order chi connectivity index (χ0) is 11.4. The van der Waals surface area contributed by atoms with Crippen LogP contribution in [0.25, 0.3) is 0 Å². The summed E-state index contributed by atoms with van der Waals surface area (Å²) in [5.41, 5.74) is 0. The summed E-state index contributed by atoms with van der Waals surface area (Å²) in [7, 11) is -2.17. The Morgan fingerprint density at radius 2 is 1.21 bits per heavy atom. The Bertz CT molecular complexity index is 129. The summed E-state index contributed by atoms with van der Waals surface area (Å²) in [6.07, 6.45) is 0. The monoisotopic (exact) mass is 266 g/mol. The molecule has 0 bridgehead atoms. The van der Waals surface area contributed by atoms with Crippen molar-refractivity contribution in [1.82, 2.24) is 0 Å². The van der Waals surface area contributed by atoms with Gasteiger partial charge in [0.1, 0.15) is 0 Å². The van der Waals surface area contributed by atoms with E-state index in [1.54, 1.807) is 0 Å². The maximum Gasteiger partial charge on any atom is 1.00 e. The number of halogens is 1. The van der Waals surface area contributed by atoms with E-state index < -0.39 is 19.3 Å². The molecule has 0 radical (unpaired) electrons. The Hall–Kier alpha value is -0.0377. The predicted molar refractivity (Wildman–Crippen MR) is 46.6 cm³/mol. The topological polar surface area (TPSA) is 135 Å². The summed E-state index contributed by atoms with van der Waals surface area (Å²) in [6, 6.07) is 0. The molecule has 0 aromatic rings. The molecule has 0 aliphatic rings. The predicted octanol–water partition coefficient (Wildman–Crippen LogP) is -4.33. The Labute approximate surface area is 101 Å². The molecule has 0 spiro atoms. The maximum absolute atomic E-state index is 9.10. The van der Waals surface area contributed by atoms with Crippen molar-refractivity contribution in [3.05, 3.63) is 5.33 Å². The van der Waals surface area contributed by atoms with Crippen molar-refractivity contribution in [3.8, 4) is 0 Å². The van der Waals surface area contributed by atoms with Gasteiger partial charge in [-0.2, -0.15) is 6.92 Å². The van der Waals surface area contributed by atoms with Crippen LogP contribution < -0.4 is 18.9 Å². The van der Waals surface area contributed by atoms with Gasteiger partial charge in [-0.15, -0.1) is 0 Å². The van der Waals surface area contributed by atoms with Gasteiger partial charge in [-0.1, -0.05) is 0 Å². The molecule has 0 atom stereocenters. The molecule has 14 heavy (non-hydrogen) atoms. The van der Waals surface area contributed by atoms with Gasteiger partial charge in [0, 0.05) is 0 Å². The number of hydrogen-bond acceptors (Lipinski definition) is 5. The van der Waals surface area contributed by atoms with Crippen LogP contribution in [0.1, 0.15) is 6.92 Å². The van der Waals surface area contributed by atoms with E-state index in [0.717, 1.165) is 0 Å². The number of carboxylic acids is 2. The van der Waals surface area contributed by atoms with Gasteiger partial charge in [0.05, 0.1) is 0 Å². The molecule has 0 unspecified atom stereocenters. The average molecular weight is 267 g/mol.